The van der Waals surface area contributed by atoms with Gasteiger partial charge in [0, 0.05) is 12.2 Å². The first-order valence-electron chi connectivity index (χ1n) is 13.2. The molecule has 0 saturated heterocycles. The average Bonchev–Trinajstić information content (AvgIpc) is 3.45. The first-order chi connectivity index (χ1) is 17.5. The van der Waals surface area contributed by atoms with E-state index in [9.17, 15) is 9.59 Å². The van der Waals surface area contributed by atoms with E-state index in [2.05, 4.69) is 69.6 Å². The lowest BCUT2D eigenvalue weighted by atomic mass is 10.0. The topological polar surface area (TPSA) is 90.0 Å². The maximum absolute atomic E-state index is 11.7. The van der Waals surface area contributed by atoms with E-state index in [1.165, 1.54) is 43.4 Å². The monoisotopic (exact) mass is 504 g/mol. The number of aromatic nitrogens is 2. The van der Waals surface area contributed by atoms with Gasteiger partial charge in [0.15, 0.2) is 0 Å². The second-order valence-corrected chi connectivity index (χ2v) is 10.6. The first kappa shape index (κ1) is 30.0. The number of ketones is 1. The van der Waals surface area contributed by atoms with Gasteiger partial charge >= 0.3 is 0 Å². The minimum atomic E-state index is -0.798. The van der Waals surface area contributed by atoms with Gasteiger partial charge in [-0.1, -0.05) is 54.6 Å². The smallest absolute Gasteiger partial charge is 0.239 e. The van der Waals surface area contributed by atoms with Crippen molar-refractivity contribution in [2.45, 2.75) is 91.3 Å². The summed E-state index contributed by atoms with van der Waals surface area (Å²) in [6.45, 7) is 10.6. The second kappa shape index (κ2) is 14.5. The fourth-order valence-electron chi connectivity index (χ4n) is 4.19. The summed E-state index contributed by atoms with van der Waals surface area (Å²) in [5.41, 5.74) is 10.3. The molecule has 3 aromatic rings. The van der Waals surface area contributed by atoms with Crippen LogP contribution in [0, 0.1) is 6.92 Å². The summed E-state index contributed by atoms with van der Waals surface area (Å²) in [5.74, 6) is 0.0784. The summed E-state index contributed by atoms with van der Waals surface area (Å²) in [5, 5.41) is 2.94. The van der Waals surface area contributed by atoms with Crippen molar-refractivity contribution in [2.75, 3.05) is 0 Å². The molecule has 4 rings (SSSR count). The quantitative estimate of drug-likeness (QED) is 0.440. The summed E-state index contributed by atoms with van der Waals surface area (Å²) >= 11 is 0. The lowest BCUT2D eigenvalue weighted by molar-refractivity contribution is -0.125. The molecule has 0 radical (unpaired) electrons. The van der Waals surface area contributed by atoms with E-state index in [1.807, 2.05) is 26.2 Å². The first-order valence-corrected chi connectivity index (χ1v) is 13.2. The third kappa shape index (κ3) is 10.7. The van der Waals surface area contributed by atoms with Crippen LogP contribution in [0.3, 0.4) is 0 Å². The molecule has 0 saturated carbocycles. The predicted molar refractivity (Wildman–Crippen MR) is 151 cm³/mol. The van der Waals surface area contributed by atoms with Crippen molar-refractivity contribution in [1.29, 1.82) is 0 Å². The molecular formula is C31H44N4O2. The molecule has 2 aromatic carbocycles. The minimum Gasteiger partial charge on any atom is -0.352 e. The molecule has 0 bridgehead atoms. The highest BCUT2D eigenvalue weighted by atomic mass is 16.2. The molecule has 1 heterocycles. The number of hydrogen-bond donors (Lipinski definition) is 2. The molecule has 0 spiro atoms. The standard InChI is InChI=1S/C15H24N2O.C13H14N2.C3H6O/c1-12(17-14(18)15(2,3)16)8-7-11-13-9-5-4-6-10-13;1-10-8-15(9-14-10)13-7-6-11-4-2-3-5-12(11)13;1-3(2)4/h4-6,9-10,12H,7-8,11,16H2,1-3H3,(H,17,18);2-5,8-9,13H,6-7H2,1H3;1-2H3. The van der Waals surface area contributed by atoms with Crippen molar-refractivity contribution in [2.24, 2.45) is 5.73 Å². The van der Waals surface area contributed by atoms with Crippen LogP contribution in [-0.4, -0.2) is 32.8 Å². The number of rotatable bonds is 7. The van der Waals surface area contributed by atoms with Crippen molar-refractivity contribution >= 4 is 11.7 Å². The zero-order valence-electron chi connectivity index (χ0n) is 23.3. The molecule has 0 fully saturated rings. The Morgan fingerprint density at radius 3 is 2.32 bits per heavy atom. The number of amides is 1. The van der Waals surface area contributed by atoms with Gasteiger partial charge in [-0.05, 0) is 90.3 Å². The number of hydrogen-bond acceptors (Lipinski definition) is 4. The van der Waals surface area contributed by atoms with Gasteiger partial charge in [0.05, 0.1) is 23.6 Å². The molecule has 2 atom stereocenters. The van der Waals surface area contributed by atoms with Gasteiger partial charge in [-0.15, -0.1) is 0 Å². The van der Waals surface area contributed by atoms with Gasteiger partial charge in [0.1, 0.15) is 5.78 Å². The average molecular weight is 505 g/mol. The van der Waals surface area contributed by atoms with Crippen LogP contribution >= 0.6 is 0 Å². The molecule has 1 aliphatic rings. The Labute approximate surface area is 222 Å². The third-order valence-electron chi connectivity index (χ3n) is 6.10. The van der Waals surface area contributed by atoms with E-state index in [1.54, 1.807) is 13.8 Å². The molecule has 6 heteroatoms. The number of imidazole rings is 1. The van der Waals surface area contributed by atoms with Crippen LogP contribution in [0.5, 0.6) is 0 Å². The number of fused-ring (bicyclic) bond motifs is 1. The maximum atomic E-state index is 11.7. The summed E-state index contributed by atoms with van der Waals surface area (Å²) < 4.78 is 2.24. The van der Waals surface area contributed by atoms with Gasteiger partial charge in [0.2, 0.25) is 5.91 Å². The molecule has 37 heavy (non-hydrogen) atoms. The molecule has 1 amide bonds. The summed E-state index contributed by atoms with van der Waals surface area (Å²) in [4.78, 5) is 25.4. The zero-order valence-corrected chi connectivity index (χ0v) is 23.3. The van der Waals surface area contributed by atoms with Crippen molar-refractivity contribution in [3.05, 3.63) is 89.5 Å². The van der Waals surface area contributed by atoms with E-state index < -0.39 is 5.54 Å². The Bertz CT molecular complexity index is 1110. The molecule has 1 aromatic heterocycles. The number of nitrogens with one attached hydrogen (secondary N) is 1. The van der Waals surface area contributed by atoms with E-state index in [0.717, 1.165) is 25.0 Å². The van der Waals surface area contributed by atoms with Gasteiger partial charge in [-0.25, -0.2) is 4.98 Å². The van der Waals surface area contributed by atoms with E-state index in [4.69, 9.17) is 5.73 Å². The fraction of sp³-hybridized carbons (Fsp3) is 0.452. The number of nitrogens with two attached hydrogens (primary N) is 1. The Hall–Kier alpha value is -3.25. The van der Waals surface area contributed by atoms with Crippen LogP contribution in [0.15, 0.2) is 67.1 Å². The zero-order chi connectivity index (χ0) is 27.4. The molecule has 1 aliphatic carbocycles. The summed E-state index contributed by atoms with van der Waals surface area (Å²) in [7, 11) is 0. The molecular weight excluding hydrogens is 460 g/mol. The Morgan fingerprint density at radius 2 is 1.73 bits per heavy atom. The third-order valence-corrected chi connectivity index (χ3v) is 6.10. The number of Topliss-reactive ketones (excluding diaryl/α,β-unsaturated/α-hetero) is 1. The predicted octanol–water partition coefficient (Wildman–Crippen LogP) is 5.57. The molecule has 3 N–H and O–H groups in total. The number of carbonyl (C=O) groups excluding carboxylic acids is 2. The normalized spacial score (nSPS) is 14.8. The van der Waals surface area contributed by atoms with Crippen LogP contribution in [0.4, 0.5) is 0 Å². The lowest BCUT2D eigenvalue weighted by Gasteiger charge is -2.21. The van der Waals surface area contributed by atoms with Crippen molar-refractivity contribution in [3.8, 4) is 0 Å². The van der Waals surface area contributed by atoms with Crippen molar-refractivity contribution < 1.29 is 9.59 Å². The van der Waals surface area contributed by atoms with Gasteiger partial charge < -0.3 is 20.4 Å². The Morgan fingerprint density at radius 1 is 1.11 bits per heavy atom. The highest BCUT2D eigenvalue weighted by Crippen LogP contribution is 2.33. The lowest BCUT2D eigenvalue weighted by Crippen LogP contribution is -2.51. The highest BCUT2D eigenvalue weighted by molar-refractivity contribution is 5.85. The number of benzene rings is 2. The van der Waals surface area contributed by atoms with Crippen LogP contribution in [-0.2, 0) is 22.4 Å². The molecule has 2 unspecified atom stereocenters. The largest absolute Gasteiger partial charge is 0.352 e. The molecule has 6 nitrogen and oxygen atoms in total. The van der Waals surface area contributed by atoms with Gasteiger partial charge in [0.25, 0.3) is 0 Å². The highest BCUT2D eigenvalue weighted by Gasteiger charge is 2.23. The molecule has 0 aliphatic heterocycles. The molecule has 200 valence electrons. The summed E-state index contributed by atoms with van der Waals surface area (Å²) in [6.07, 6.45) is 9.56. The second-order valence-electron chi connectivity index (χ2n) is 10.6. The number of carbonyl (C=O) groups is 2. The van der Waals surface area contributed by atoms with Crippen LogP contribution in [0.1, 0.15) is 82.3 Å². The van der Waals surface area contributed by atoms with E-state index in [0.29, 0.717) is 6.04 Å². The fourth-order valence-corrected chi connectivity index (χ4v) is 4.19. The van der Waals surface area contributed by atoms with Crippen molar-refractivity contribution in [3.63, 3.8) is 0 Å². The van der Waals surface area contributed by atoms with E-state index in [-0.39, 0.29) is 17.7 Å². The van der Waals surface area contributed by atoms with Gasteiger partial charge in [-0.2, -0.15) is 0 Å². The number of nitrogens with zero attached hydrogens (tertiary/aromatic N) is 2. The maximum Gasteiger partial charge on any atom is 0.239 e. The van der Waals surface area contributed by atoms with Gasteiger partial charge in [-0.3, -0.25) is 4.79 Å². The minimum absolute atomic E-state index is 0.0882. The Balaban J connectivity index is 0.000000229. The van der Waals surface area contributed by atoms with Crippen LogP contribution in [0.2, 0.25) is 0 Å². The van der Waals surface area contributed by atoms with Crippen LogP contribution in [0.25, 0.3) is 0 Å². The summed E-state index contributed by atoms with van der Waals surface area (Å²) in [6, 6.07) is 19.8. The van der Waals surface area contributed by atoms with E-state index >= 15 is 0 Å². The van der Waals surface area contributed by atoms with Crippen molar-refractivity contribution in [1.82, 2.24) is 14.9 Å². The van der Waals surface area contributed by atoms with Crippen LogP contribution < -0.4 is 11.1 Å². The number of aryl methyl sites for hydroxylation is 3. The Kier molecular flexibility index (Phi) is 11.7. The SMILES string of the molecule is CC(C)=O.CC(CCCc1ccccc1)NC(=O)C(C)(C)N.Cc1cn(C2CCc3ccccc32)cn1.